The Morgan fingerprint density at radius 2 is 1.71 bits per heavy atom. The fourth-order valence-corrected chi connectivity index (χ4v) is 4.75. The molecule has 0 atom stereocenters. The Morgan fingerprint density at radius 1 is 0.976 bits per heavy atom. The van der Waals surface area contributed by atoms with Crippen LogP contribution >= 0.6 is 0 Å². The van der Waals surface area contributed by atoms with Crippen LogP contribution in [0.2, 0.25) is 0 Å². The van der Waals surface area contributed by atoms with E-state index in [1.54, 1.807) is 37.7 Å². The van der Waals surface area contributed by atoms with Gasteiger partial charge in [0.05, 0.1) is 18.9 Å². The first kappa shape index (κ1) is 27.6. The third-order valence-corrected chi connectivity index (χ3v) is 6.77. The summed E-state index contributed by atoms with van der Waals surface area (Å²) in [6.07, 6.45) is 3.81. The minimum atomic E-state index is -0.638. The van der Waals surface area contributed by atoms with Crippen LogP contribution in [0.3, 0.4) is 0 Å². The van der Waals surface area contributed by atoms with E-state index in [0.29, 0.717) is 52.5 Å². The number of halogens is 1. The number of nitrogens with zero attached hydrogens (tertiary/aromatic N) is 1. The number of nitrogens with one attached hydrogen (secondary N) is 1. The average Bonchev–Trinajstić information content (AvgIpc) is 3.35. The fourth-order valence-electron chi connectivity index (χ4n) is 4.75. The van der Waals surface area contributed by atoms with Crippen LogP contribution in [0.25, 0.3) is 33.4 Å². The molecule has 0 unspecified atom stereocenters. The van der Waals surface area contributed by atoms with Crippen LogP contribution in [0.4, 0.5) is 4.39 Å². The number of benzene rings is 3. The smallest absolute Gasteiger partial charge is 0.253 e. The molecule has 3 N–H and O–H groups in total. The predicted molar refractivity (Wildman–Crippen MR) is 156 cm³/mol. The first-order valence-electron chi connectivity index (χ1n) is 13.2. The Morgan fingerprint density at radius 3 is 2.41 bits per heavy atom. The summed E-state index contributed by atoms with van der Waals surface area (Å²) in [6, 6.07) is 18.9. The van der Waals surface area contributed by atoms with E-state index < -0.39 is 11.7 Å². The van der Waals surface area contributed by atoms with Gasteiger partial charge in [-0.25, -0.2) is 4.39 Å². The van der Waals surface area contributed by atoms with E-state index in [-0.39, 0.29) is 11.5 Å². The molecule has 5 rings (SSSR count). The number of amides is 2. The number of aromatic nitrogens is 1. The number of primary amides is 1. The topological polar surface area (TPSA) is 107 Å². The van der Waals surface area contributed by atoms with E-state index in [0.717, 1.165) is 22.3 Å². The molecule has 208 valence electrons. The monoisotopic (exact) mass is 551 g/mol. The Bertz CT molecular complexity index is 1740. The largest absolute Gasteiger partial charge is 0.495 e. The third-order valence-electron chi connectivity index (χ3n) is 6.77. The van der Waals surface area contributed by atoms with E-state index >= 15 is 0 Å². The molecular formula is C33H30FN3O4. The number of furan rings is 1. The molecule has 0 aliphatic carbocycles. The Kier molecular flexibility index (Phi) is 7.83. The lowest BCUT2D eigenvalue weighted by Gasteiger charge is -2.14. The fraction of sp³-hybridized carbons (Fsp3) is 0.182. The minimum absolute atomic E-state index is 0.177. The zero-order valence-corrected chi connectivity index (χ0v) is 23.0. The lowest BCUT2D eigenvalue weighted by Crippen LogP contribution is -2.27. The van der Waals surface area contributed by atoms with Crippen LogP contribution in [0.5, 0.6) is 5.75 Å². The van der Waals surface area contributed by atoms with Gasteiger partial charge in [-0.1, -0.05) is 32.0 Å². The zero-order valence-electron chi connectivity index (χ0n) is 23.0. The molecule has 7 nitrogen and oxygen atoms in total. The molecule has 0 radical (unpaired) electrons. The van der Waals surface area contributed by atoms with Gasteiger partial charge in [-0.2, -0.15) is 0 Å². The van der Waals surface area contributed by atoms with Gasteiger partial charge in [-0.15, -0.1) is 0 Å². The summed E-state index contributed by atoms with van der Waals surface area (Å²) in [5.41, 5.74) is 10.9. The van der Waals surface area contributed by atoms with Crippen LogP contribution in [0.15, 0.2) is 83.5 Å². The average molecular weight is 552 g/mol. The predicted octanol–water partition coefficient (Wildman–Crippen LogP) is 6.39. The summed E-state index contributed by atoms with van der Waals surface area (Å²) in [6.45, 7) is 4.62. The van der Waals surface area contributed by atoms with E-state index in [9.17, 15) is 14.0 Å². The summed E-state index contributed by atoms with van der Waals surface area (Å²) < 4.78 is 24.8. The summed E-state index contributed by atoms with van der Waals surface area (Å²) in [5, 5.41) is 3.59. The first-order chi connectivity index (χ1) is 19.7. The number of carbonyl (C=O) groups is 2. The van der Waals surface area contributed by atoms with Crippen molar-refractivity contribution in [2.45, 2.75) is 20.3 Å². The van der Waals surface area contributed by atoms with Gasteiger partial charge in [0.15, 0.2) is 0 Å². The second-order valence-corrected chi connectivity index (χ2v) is 10.3. The highest BCUT2D eigenvalue weighted by atomic mass is 19.1. The summed E-state index contributed by atoms with van der Waals surface area (Å²) in [4.78, 5) is 30.0. The van der Waals surface area contributed by atoms with Gasteiger partial charge in [-0.05, 0) is 77.6 Å². The Hall–Kier alpha value is -4.98. The highest BCUT2D eigenvalue weighted by Gasteiger charge is 2.21. The van der Waals surface area contributed by atoms with Crippen molar-refractivity contribution < 1.29 is 23.1 Å². The molecule has 0 saturated heterocycles. The highest BCUT2D eigenvalue weighted by Crippen LogP contribution is 2.35. The van der Waals surface area contributed by atoms with E-state index in [4.69, 9.17) is 14.9 Å². The maximum Gasteiger partial charge on any atom is 0.253 e. The van der Waals surface area contributed by atoms with Crippen molar-refractivity contribution in [2.24, 2.45) is 11.7 Å². The zero-order chi connectivity index (χ0) is 29.1. The van der Waals surface area contributed by atoms with Crippen molar-refractivity contribution in [1.82, 2.24) is 10.3 Å². The number of ether oxygens (including phenoxy) is 1. The normalized spacial score (nSPS) is 11.1. The molecule has 0 fully saturated rings. The first-order valence-corrected chi connectivity index (χ1v) is 13.2. The molecule has 41 heavy (non-hydrogen) atoms. The third kappa shape index (κ3) is 5.96. The van der Waals surface area contributed by atoms with Crippen LogP contribution in [0, 0.1) is 11.7 Å². The van der Waals surface area contributed by atoms with Crippen molar-refractivity contribution in [3.63, 3.8) is 0 Å². The number of hydrogen-bond donors (Lipinski definition) is 2. The van der Waals surface area contributed by atoms with Crippen molar-refractivity contribution in [3.05, 3.63) is 107 Å². The molecule has 0 aliphatic rings. The van der Waals surface area contributed by atoms with Crippen molar-refractivity contribution in [1.29, 1.82) is 0 Å². The van der Waals surface area contributed by atoms with Crippen LogP contribution < -0.4 is 15.8 Å². The van der Waals surface area contributed by atoms with Gasteiger partial charge in [0, 0.05) is 34.8 Å². The SMILES string of the molecule is COc1cncc(-c2ccc(Cc3ccc4oc(-c5ccc(F)cc5)c(C(N)=O)c4c3)cc2C(=O)NCC(C)C)c1. The number of carbonyl (C=O) groups excluding carboxylic acids is 2. The maximum absolute atomic E-state index is 13.5. The molecule has 2 heterocycles. The van der Waals surface area contributed by atoms with Gasteiger partial charge in [0.1, 0.15) is 22.9 Å². The molecule has 3 aromatic carbocycles. The highest BCUT2D eigenvalue weighted by molar-refractivity contribution is 6.10. The summed E-state index contributed by atoms with van der Waals surface area (Å²) in [7, 11) is 1.57. The number of methoxy groups -OCH3 is 1. The number of pyridine rings is 1. The number of hydrogen-bond acceptors (Lipinski definition) is 5. The van der Waals surface area contributed by atoms with Crippen molar-refractivity contribution in [3.8, 4) is 28.2 Å². The van der Waals surface area contributed by atoms with E-state index in [2.05, 4.69) is 10.3 Å². The molecular weight excluding hydrogens is 521 g/mol. The number of fused-ring (bicyclic) bond motifs is 1. The molecule has 2 aromatic heterocycles. The second-order valence-electron chi connectivity index (χ2n) is 10.3. The molecule has 0 bridgehead atoms. The summed E-state index contributed by atoms with van der Waals surface area (Å²) >= 11 is 0. The van der Waals surface area contributed by atoms with E-state index in [1.165, 1.54) is 12.1 Å². The second kappa shape index (κ2) is 11.6. The molecule has 5 aromatic rings. The summed E-state index contributed by atoms with van der Waals surface area (Å²) in [5.74, 6) is -0.0169. The van der Waals surface area contributed by atoms with Crippen molar-refractivity contribution >= 4 is 22.8 Å². The number of nitrogens with two attached hydrogens (primary N) is 1. The molecule has 0 spiro atoms. The van der Waals surface area contributed by atoms with Gasteiger partial charge in [-0.3, -0.25) is 14.6 Å². The quantitative estimate of drug-likeness (QED) is 0.221. The molecule has 0 saturated carbocycles. The maximum atomic E-state index is 13.5. The van der Waals surface area contributed by atoms with Gasteiger partial charge in [0.25, 0.3) is 11.8 Å². The molecule has 8 heteroatoms. The van der Waals surface area contributed by atoms with Crippen LogP contribution in [-0.2, 0) is 6.42 Å². The van der Waals surface area contributed by atoms with Gasteiger partial charge in [0.2, 0.25) is 0 Å². The van der Waals surface area contributed by atoms with Crippen LogP contribution in [-0.4, -0.2) is 30.5 Å². The van der Waals surface area contributed by atoms with Gasteiger partial charge < -0.3 is 20.2 Å². The Labute approximate surface area is 237 Å². The lowest BCUT2D eigenvalue weighted by molar-refractivity contribution is 0.0948. The standard InChI is InChI=1S/C33H30FN3O4/c1-19(2)16-37-33(39)27-13-20(4-10-26(27)23-15-25(40-3)18-36-17-23)12-21-5-11-29-28(14-21)30(32(35)38)31(41-29)22-6-8-24(34)9-7-22/h4-11,13-15,17-19H,12,16H2,1-3H3,(H2,35,38)(H,37,39). The van der Waals surface area contributed by atoms with E-state index in [1.807, 2.05) is 50.2 Å². The number of rotatable bonds is 9. The minimum Gasteiger partial charge on any atom is -0.495 e. The molecule has 0 aliphatic heterocycles. The lowest BCUT2D eigenvalue weighted by atomic mass is 9.94. The van der Waals surface area contributed by atoms with Gasteiger partial charge >= 0.3 is 0 Å². The Balaban J connectivity index is 1.53. The van der Waals surface area contributed by atoms with Crippen molar-refractivity contribution in [2.75, 3.05) is 13.7 Å². The van der Waals surface area contributed by atoms with Crippen LogP contribution in [0.1, 0.15) is 45.7 Å². The molecule has 2 amide bonds.